The first kappa shape index (κ1) is 17.0. The Kier molecular flexibility index (Phi) is 5.97. The smallest absolute Gasteiger partial charge is 0.241 e. The second-order valence-electron chi connectivity index (χ2n) is 6.34. The number of carbonyl (C=O) groups excluding carboxylic acids is 1. The Bertz CT molecular complexity index is 480. The van der Waals surface area contributed by atoms with Gasteiger partial charge in [0.2, 0.25) is 5.91 Å². The van der Waals surface area contributed by atoms with E-state index in [1.165, 1.54) is 25.7 Å². The number of hydrogen-bond donors (Lipinski definition) is 2. The maximum Gasteiger partial charge on any atom is 0.241 e. The molecule has 6 nitrogen and oxygen atoms in total. The second kappa shape index (κ2) is 7.74. The van der Waals surface area contributed by atoms with E-state index in [9.17, 15) is 4.79 Å². The lowest BCUT2D eigenvalue weighted by Gasteiger charge is -2.30. The zero-order chi connectivity index (χ0) is 16.0. The molecule has 1 unspecified atom stereocenters. The quantitative estimate of drug-likeness (QED) is 0.761. The van der Waals surface area contributed by atoms with Crippen LogP contribution >= 0.6 is 0 Å². The van der Waals surface area contributed by atoms with Crippen LogP contribution in [-0.4, -0.2) is 43.0 Å². The van der Waals surface area contributed by atoms with Crippen LogP contribution in [0, 0.1) is 5.41 Å². The molecule has 1 heterocycles. The van der Waals surface area contributed by atoms with Crippen molar-refractivity contribution in [2.75, 3.05) is 27.3 Å². The summed E-state index contributed by atoms with van der Waals surface area (Å²) in [6.45, 7) is 1.49. The van der Waals surface area contributed by atoms with E-state index in [-0.39, 0.29) is 17.4 Å². The van der Waals surface area contributed by atoms with Crippen LogP contribution in [0.25, 0.3) is 0 Å². The van der Waals surface area contributed by atoms with E-state index >= 15 is 0 Å². The number of aryl methyl sites for hydroxylation is 1. The van der Waals surface area contributed by atoms with Crippen molar-refractivity contribution in [1.82, 2.24) is 20.4 Å². The molecule has 1 saturated carbocycles. The average molecular weight is 308 g/mol. The summed E-state index contributed by atoms with van der Waals surface area (Å²) in [5.41, 5.74) is 1.10. The largest absolute Gasteiger partial charge is 0.385 e. The molecule has 1 amide bonds. The first-order valence-corrected chi connectivity index (χ1v) is 8.03. The molecule has 124 valence electrons. The second-order valence-corrected chi connectivity index (χ2v) is 6.34. The molecule has 0 radical (unpaired) electrons. The summed E-state index contributed by atoms with van der Waals surface area (Å²) in [5.74, 6) is 0.0131. The van der Waals surface area contributed by atoms with Gasteiger partial charge in [-0.25, -0.2) is 0 Å². The van der Waals surface area contributed by atoms with Crippen LogP contribution in [0.1, 0.15) is 43.7 Å². The van der Waals surface area contributed by atoms with Gasteiger partial charge in [-0.05, 0) is 31.7 Å². The fourth-order valence-corrected chi connectivity index (χ4v) is 3.37. The Morgan fingerprint density at radius 2 is 2.23 bits per heavy atom. The van der Waals surface area contributed by atoms with Crippen molar-refractivity contribution in [3.05, 3.63) is 18.0 Å². The van der Waals surface area contributed by atoms with Crippen molar-refractivity contribution >= 4 is 5.91 Å². The van der Waals surface area contributed by atoms with Gasteiger partial charge in [0.15, 0.2) is 0 Å². The highest BCUT2D eigenvalue weighted by Gasteiger charge is 2.34. The molecule has 1 aromatic rings. The Balaban J connectivity index is 1.94. The lowest BCUT2D eigenvalue weighted by molar-refractivity contribution is -0.123. The van der Waals surface area contributed by atoms with Gasteiger partial charge in [0.1, 0.15) is 6.04 Å². The van der Waals surface area contributed by atoms with Crippen molar-refractivity contribution in [1.29, 1.82) is 0 Å². The Labute approximate surface area is 132 Å². The van der Waals surface area contributed by atoms with Gasteiger partial charge in [-0.15, -0.1) is 0 Å². The molecule has 0 aliphatic heterocycles. The van der Waals surface area contributed by atoms with Gasteiger partial charge in [-0.3, -0.25) is 9.48 Å². The van der Waals surface area contributed by atoms with E-state index < -0.39 is 0 Å². The van der Waals surface area contributed by atoms with Crippen LogP contribution < -0.4 is 10.6 Å². The van der Waals surface area contributed by atoms with Crippen LogP contribution in [0.2, 0.25) is 0 Å². The number of carbonyl (C=O) groups is 1. The summed E-state index contributed by atoms with van der Waals surface area (Å²) in [4.78, 5) is 12.5. The Hall–Kier alpha value is -1.40. The highest BCUT2D eigenvalue weighted by Crippen LogP contribution is 2.40. The normalized spacial score (nSPS) is 18.3. The third-order valence-electron chi connectivity index (χ3n) is 4.75. The lowest BCUT2D eigenvalue weighted by Crippen LogP contribution is -2.42. The summed E-state index contributed by atoms with van der Waals surface area (Å²) in [7, 11) is 5.39. The SMILES string of the molecule is CNC(C(=O)NCC1(CCOC)CCCC1)c1cnn(C)c1. The summed E-state index contributed by atoms with van der Waals surface area (Å²) in [6.07, 6.45) is 9.46. The number of nitrogens with zero attached hydrogens (tertiary/aromatic N) is 2. The molecular formula is C16H28N4O2. The van der Waals surface area contributed by atoms with Crippen molar-refractivity contribution in [3.8, 4) is 0 Å². The zero-order valence-corrected chi connectivity index (χ0v) is 13.9. The van der Waals surface area contributed by atoms with Gasteiger partial charge in [-0.2, -0.15) is 5.10 Å². The molecule has 22 heavy (non-hydrogen) atoms. The molecule has 6 heteroatoms. The maximum atomic E-state index is 12.5. The number of amides is 1. The molecular weight excluding hydrogens is 280 g/mol. The predicted octanol–water partition coefficient (Wildman–Crippen LogP) is 1.39. The van der Waals surface area contributed by atoms with Crippen LogP contribution in [0.15, 0.2) is 12.4 Å². The third-order valence-corrected chi connectivity index (χ3v) is 4.75. The van der Waals surface area contributed by atoms with E-state index in [1.807, 2.05) is 13.2 Å². The van der Waals surface area contributed by atoms with Crippen LogP contribution in [-0.2, 0) is 16.6 Å². The predicted molar refractivity (Wildman–Crippen MR) is 85.4 cm³/mol. The van der Waals surface area contributed by atoms with E-state index in [4.69, 9.17) is 4.74 Å². The number of rotatable bonds is 8. The van der Waals surface area contributed by atoms with E-state index in [2.05, 4.69) is 15.7 Å². The number of likely N-dealkylation sites (N-methyl/N-ethyl adjacent to an activating group) is 1. The number of nitrogens with one attached hydrogen (secondary N) is 2. The fraction of sp³-hybridized carbons (Fsp3) is 0.750. The van der Waals surface area contributed by atoms with Gasteiger partial charge >= 0.3 is 0 Å². The molecule has 1 aliphatic carbocycles. The standard InChI is InChI=1S/C16H28N4O2/c1-17-14(13-10-19-20(2)11-13)15(21)18-12-16(8-9-22-3)6-4-5-7-16/h10-11,14,17H,4-9,12H2,1-3H3,(H,18,21). The van der Waals surface area contributed by atoms with E-state index in [1.54, 1.807) is 25.0 Å². The van der Waals surface area contributed by atoms with Crippen molar-refractivity contribution in [2.45, 2.75) is 38.1 Å². The molecule has 2 rings (SSSR count). The van der Waals surface area contributed by atoms with Crippen LogP contribution in [0.5, 0.6) is 0 Å². The molecule has 1 aliphatic rings. The Morgan fingerprint density at radius 1 is 1.50 bits per heavy atom. The van der Waals surface area contributed by atoms with Gasteiger partial charge < -0.3 is 15.4 Å². The minimum atomic E-state index is -0.352. The monoisotopic (exact) mass is 308 g/mol. The van der Waals surface area contributed by atoms with Gasteiger partial charge in [0, 0.05) is 39.1 Å². The minimum absolute atomic E-state index is 0.0131. The molecule has 0 saturated heterocycles. The average Bonchev–Trinajstić information content (AvgIpc) is 3.14. The zero-order valence-electron chi connectivity index (χ0n) is 13.9. The lowest BCUT2D eigenvalue weighted by atomic mass is 9.83. The fourth-order valence-electron chi connectivity index (χ4n) is 3.37. The number of aromatic nitrogens is 2. The molecule has 0 spiro atoms. The van der Waals surface area contributed by atoms with Gasteiger partial charge in [0.25, 0.3) is 0 Å². The number of hydrogen-bond acceptors (Lipinski definition) is 4. The van der Waals surface area contributed by atoms with E-state index in [0.717, 1.165) is 25.1 Å². The highest BCUT2D eigenvalue weighted by atomic mass is 16.5. The summed E-state index contributed by atoms with van der Waals surface area (Å²) < 4.78 is 6.95. The summed E-state index contributed by atoms with van der Waals surface area (Å²) >= 11 is 0. The first-order valence-electron chi connectivity index (χ1n) is 8.03. The van der Waals surface area contributed by atoms with Gasteiger partial charge in [-0.1, -0.05) is 12.8 Å². The number of methoxy groups -OCH3 is 1. The van der Waals surface area contributed by atoms with E-state index in [0.29, 0.717) is 0 Å². The first-order chi connectivity index (χ1) is 10.6. The molecule has 2 N–H and O–H groups in total. The molecule has 1 fully saturated rings. The van der Waals surface area contributed by atoms with Crippen molar-refractivity contribution in [2.24, 2.45) is 12.5 Å². The Morgan fingerprint density at radius 3 is 2.77 bits per heavy atom. The topological polar surface area (TPSA) is 68.2 Å². The number of ether oxygens (including phenoxy) is 1. The molecule has 1 atom stereocenters. The summed E-state index contributed by atoms with van der Waals surface area (Å²) in [5, 5.41) is 10.4. The highest BCUT2D eigenvalue weighted by molar-refractivity contribution is 5.83. The molecule has 0 bridgehead atoms. The maximum absolute atomic E-state index is 12.5. The molecule has 1 aromatic heterocycles. The molecule has 0 aromatic carbocycles. The van der Waals surface area contributed by atoms with Crippen molar-refractivity contribution < 1.29 is 9.53 Å². The van der Waals surface area contributed by atoms with Crippen molar-refractivity contribution in [3.63, 3.8) is 0 Å². The third kappa shape index (κ3) is 4.08. The summed E-state index contributed by atoms with van der Waals surface area (Å²) in [6, 6.07) is -0.352. The minimum Gasteiger partial charge on any atom is -0.385 e. The van der Waals surface area contributed by atoms with Crippen LogP contribution in [0.4, 0.5) is 0 Å². The van der Waals surface area contributed by atoms with Gasteiger partial charge in [0.05, 0.1) is 6.20 Å². The van der Waals surface area contributed by atoms with Crippen LogP contribution in [0.3, 0.4) is 0 Å².